The lowest BCUT2D eigenvalue weighted by molar-refractivity contribution is 0.0699. The van der Waals surface area contributed by atoms with Gasteiger partial charge in [-0.3, -0.25) is 0 Å². The van der Waals surface area contributed by atoms with Crippen molar-refractivity contribution in [3.63, 3.8) is 0 Å². The molecule has 1 heterocycles. The molecule has 0 bridgehead atoms. The van der Waals surface area contributed by atoms with E-state index >= 15 is 0 Å². The third-order valence-corrected chi connectivity index (χ3v) is 3.19. The average Bonchev–Trinajstić information content (AvgIpc) is 2.91. The van der Waals surface area contributed by atoms with E-state index in [1.54, 1.807) is 12.1 Å². The van der Waals surface area contributed by atoms with Crippen LogP contribution in [0.25, 0.3) is 22.4 Å². The normalized spacial score (nSPS) is 10.7. The highest BCUT2D eigenvalue weighted by Crippen LogP contribution is 2.30. The van der Waals surface area contributed by atoms with Crippen LogP contribution in [0.3, 0.4) is 0 Å². The molecule has 0 saturated heterocycles. The van der Waals surface area contributed by atoms with Crippen LogP contribution in [-0.4, -0.2) is 27.7 Å². The van der Waals surface area contributed by atoms with Crippen molar-refractivity contribution in [1.82, 2.24) is 9.97 Å². The van der Waals surface area contributed by atoms with Gasteiger partial charge in [0.15, 0.2) is 0 Å². The van der Waals surface area contributed by atoms with Crippen molar-refractivity contribution in [2.45, 2.75) is 6.92 Å². The average molecular weight is 282 g/mol. The molecule has 2 aromatic carbocycles. The maximum Gasteiger partial charge on any atom is 0.337 e. The summed E-state index contributed by atoms with van der Waals surface area (Å²) in [5.41, 5.74) is 2.14. The van der Waals surface area contributed by atoms with Gasteiger partial charge >= 0.3 is 5.97 Å². The minimum absolute atomic E-state index is 0.184. The van der Waals surface area contributed by atoms with Crippen LogP contribution in [0, 0.1) is 0 Å². The summed E-state index contributed by atoms with van der Waals surface area (Å²) in [5.74, 6) is 0.329. The quantitative estimate of drug-likeness (QED) is 0.769. The Balaban J connectivity index is 2.18. The van der Waals surface area contributed by atoms with Crippen LogP contribution >= 0.6 is 0 Å². The highest BCUT2D eigenvalue weighted by atomic mass is 16.5. The number of aromatic amines is 1. The second kappa shape index (κ2) is 5.28. The van der Waals surface area contributed by atoms with E-state index in [1.165, 1.54) is 0 Å². The molecule has 0 fully saturated rings. The van der Waals surface area contributed by atoms with E-state index in [2.05, 4.69) is 9.97 Å². The van der Waals surface area contributed by atoms with Crippen molar-refractivity contribution >= 4 is 17.0 Å². The van der Waals surface area contributed by atoms with Crippen LogP contribution in [0.4, 0.5) is 0 Å². The molecule has 5 heteroatoms. The molecule has 0 radical (unpaired) electrons. The Labute approximate surface area is 121 Å². The summed E-state index contributed by atoms with van der Waals surface area (Å²) in [5, 5.41) is 9.22. The molecule has 2 N–H and O–H groups in total. The first-order valence-corrected chi connectivity index (χ1v) is 6.65. The summed E-state index contributed by atoms with van der Waals surface area (Å²) < 4.78 is 5.59. The Morgan fingerprint density at radius 2 is 2.05 bits per heavy atom. The van der Waals surface area contributed by atoms with Crippen molar-refractivity contribution in [1.29, 1.82) is 0 Å². The number of H-pyrrole nitrogens is 1. The van der Waals surface area contributed by atoms with Crippen molar-refractivity contribution in [2.75, 3.05) is 6.61 Å². The molecule has 0 spiro atoms. The van der Waals surface area contributed by atoms with E-state index < -0.39 is 5.97 Å². The lowest BCUT2D eigenvalue weighted by atomic mass is 10.2. The monoisotopic (exact) mass is 282 g/mol. The van der Waals surface area contributed by atoms with Gasteiger partial charge in [-0.25, -0.2) is 9.78 Å². The van der Waals surface area contributed by atoms with E-state index in [4.69, 9.17) is 4.74 Å². The molecule has 21 heavy (non-hydrogen) atoms. The summed E-state index contributed by atoms with van der Waals surface area (Å²) in [4.78, 5) is 18.8. The SMILES string of the molecule is CCOc1ccccc1-c1nc2c(C(=O)O)cccc2[nH]1. The van der Waals surface area contributed by atoms with Crippen LogP contribution in [0.5, 0.6) is 5.75 Å². The van der Waals surface area contributed by atoms with E-state index in [0.717, 1.165) is 11.3 Å². The van der Waals surface area contributed by atoms with Crippen molar-refractivity contribution in [3.05, 3.63) is 48.0 Å². The fraction of sp³-hybridized carbons (Fsp3) is 0.125. The number of carboxylic acid groups (broad SMARTS) is 1. The molecule has 0 atom stereocenters. The minimum atomic E-state index is -0.989. The number of aromatic nitrogens is 2. The number of nitrogens with one attached hydrogen (secondary N) is 1. The topological polar surface area (TPSA) is 75.2 Å². The van der Waals surface area contributed by atoms with E-state index in [0.29, 0.717) is 23.5 Å². The fourth-order valence-corrected chi connectivity index (χ4v) is 2.28. The number of carboxylic acids is 1. The predicted octanol–water partition coefficient (Wildman–Crippen LogP) is 3.33. The maximum atomic E-state index is 11.3. The lowest BCUT2D eigenvalue weighted by Gasteiger charge is -2.07. The van der Waals surface area contributed by atoms with Gasteiger partial charge in [-0.1, -0.05) is 18.2 Å². The number of benzene rings is 2. The van der Waals surface area contributed by atoms with Gasteiger partial charge in [-0.05, 0) is 31.2 Å². The molecule has 0 aliphatic carbocycles. The highest BCUT2D eigenvalue weighted by Gasteiger charge is 2.15. The van der Waals surface area contributed by atoms with Gasteiger partial charge in [0.05, 0.1) is 23.3 Å². The van der Waals surface area contributed by atoms with Crippen LogP contribution in [0.1, 0.15) is 17.3 Å². The smallest absolute Gasteiger partial charge is 0.337 e. The number of imidazole rings is 1. The number of rotatable bonds is 4. The zero-order valence-corrected chi connectivity index (χ0v) is 11.5. The molecular formula is C16H14N2O3. The number of carbonyl (C=O) groups is 1. The second-order valence-electron chi connectivity index (χ2n) is 4.52. The Morgan fingerprint density at radius 1 is 1.24 bits per heavy atom. The molecule has 5 nitrogen and oxygen atoms in total. The standard InChI is InChI=1S/C16H14N2O3/c1-2-21-13-9-4-3-6-10(13)15-17-12-8-5-7-11(16(19)20)14(12)18-15/h3-9H,2H2,1H3,(H,17,18)(H,19,20). The second-order valence-corrected chi connectivity index (χ2v) is 4.52. The Bertz CT molecular complexity index is 808. The van der Waals surface area contributed by atoms with Crippen LogP contribution in [0.15, 0.2) is 42.5 Å². The van der Waals surface area contributed by atoms with E-state index in [9.17, 15) is 9.90 Å². The van der Waals surface area contributed by atoms with E-state index in [-0.39, 0.29) is 5.56 Å². The number of para-hydroxylation sites is 2. The van der Waals surface area contributed by atoms with Gasteiger partial charge in [0.1, 0.15) is 17.1 Å². The van der Waals surface area contributed by atoms with Gasteiger partial charge in [0.25, 0.3) is 0 Å². The van der Waals surface area contributed by atoms with E-state index in [1.807, 2.05) is 37.3 Å². The van der Waals surface area contributed by atoms with Crippen LogP contribution in [-0.2, 0) is 0 Å². The Kier molecular flexibility index (Phi) is 3.31. The minimum Gasteiger partial charge on any atom is -0.493 e. The zero-order valence-electron chi connectivity index (χ0n) is 11.5. The molecule has 3 rings (SSSR count). The largest absolute Gasteiger partial charge is 0.493 e. The summed E-state index contributed by atoms with van der Waals surface area (Å²) in [7, 11) is 0. The van der Waals surface area contributed by atoms with Crippen molar-refractivity contribution < 1.29 is 14.6 Å². The fourth-order valence-electron chi connectivity index (χ4n) is 2.28. The highest BCUT2D eigenvalue weighted by molar-refractivity contribution is 6.01. The molecule has 106 valence electrons. The van der Waals surface area contributed by atoms with Crippen LogP contribution < -0.4 is 4.74 Å². The predicted molar refractivity (Wildman–Crippen MR) is 79.7 cm³/mol. The third-order valence-electron chi connectivity index (χ3n) is 3.19. The number of aromatic carboxylic acids is 1. The number of fused-ring (bicyclic) bond motifs is 1. The molecule has 0 aliphatic rings. The Hall–Kier alpha value is -2.82. The molecule has 0 aliphatic heterocycles. The number of hydrogen-bond donors (Lipinski definition) is 2. The summed E-state index contributed by atoms with van der Waals surface area (Å²) in [6, 6.07) is 12.6. The van der Waals surface area contributed by atoms with Gasteiger partial charge in [-0.15, -0.1) is 0 Å². The molecular weight excluding hydrogens is 268 g/mol. The molecule has 3 aromatic rings. The summed E-state index contributed by atoms with van der Waals surface area (Å²) >= 11 is 0. The van der Waals surface area contributed by atoms with Gasteiger partial charge in [-0.2, -0.15) is 0 Å². The maximum absolute atomic E-state index is 11.3. The van der Waals surface area contributed by atoms with Crippen LogP contribution in [0.2, 0.25) is 0 Å². The Morgan fingerprint density at radius 3 is 2.81 bits per heavy atom. The molecule has 0 saturated carbocycles. The van der Waals surface area contributed by atoms with Gasteiger partial charge in [0, 0.05) is 0 Å². The molecule has 0 amide bonds. The number of ether oxygens (including phenoxy) is 1. The first-order chi connectivity index (χ1) is 10.2. The first-order valence-electron chi connectivity index (χ1n) is 6.65. The van der Waals surface area contributed by atoms with Gasteiger partial charge in [0.2, 0.25) is 0 Å². The first kappa shape index (κ1) is 13.2. The summed E-state index contributed by atoms with van der Waals surface area (Å²) in [6.07, 6.45) is 0. The number of nitrogens with zero attached hydrogens (tertiary/aromatic N) is 1. The molecule has 1 aromatic heterocycles. The molecule has 0 unspecified atom stereocenters. The zero-order chi connectivity index (χ0) is 14.8. The summed E-state index contributed by atoms with van der Waals surface area (Å²) in [6.45, 7) is 2.47. The van der Waals surface area contributed by atoms with Crippen molar-refractivity contribution in [3.8, 4) is 17.1 Å². The van der Waals surface area contributed by atoms with Gasteiger partial charge < -0.3 is 14.8 Å². The third kappa shape index (κ3) is 2.33. The lowest BCUT2D eigenvalue weighted by Crippen LogP contribution is -1.97. The number of hydrogen-bond acceptors (Lipinski definition) is 3. The van der Waals surface area contributed by atoms with Crippen molar-refractivity contribution in [2.24, 2.45) is 0 Å².